The topological polar surface area (TPSA) is 68.5 Å². The van der Waals surface area contributed by atoms with E-state index in [-0.39, 0.29) is 5.91 Å². The fourth-order valence-electron chi connectivity index (χ4n) is 3.31. The van der Waals surface area contributed by atoms with Crippen molar-refractivity contribution in [3.63, 3.8) is 0 Å². The highest BCUT2D eigenvalue weighted by atomic mass is 16.5. The van der Waals surface area contributed by atoms with Crippen LogP contribution in [0.5, 0.6) is 5.75 Å². The SMILES string of the molecule is CCn1c(C)nc2cc(C(=O)N/N=C3/CCOc4ccccc43)ccc21. The zero-order chi connectivity index (χ0) is 18.1. The molecule has 0 atom stereocenters. The lowest BCUT2D eigenvalue weighted by Gasteiger charge is -2.18. The van der Waals surface area contributed by atoms with Crippen LogP contribution in [0.3, 0.4) is 0 Å². The molecule has 0 spiro atoms. The summed E-state index contributed by atoms with van der Waals surface area (Å²) in [5.41, 5.74) is 6.82. The van der Waals surface area contributed by atoms with Gasteiger partial charge in [0.2, 0.25) is 0 Å². The van der Waals surface area contributed by atoms with Crippen molar-refractivity contribution in [2.24, 2.45) is 5.10 Å². The Morgan fingerprint density at radius 3 is 3.00 bits per heavy atom. The molecule has 0 bridgehead atoms. The quantitative estimate of drug-likeness (QED) is 0.739. The van der Waals surface area contributed by atoms with Gasteiger partial charge in [-0.15, -0.1) is 0 Å². The lowest BCUT2D eigenvalue weighted by atomic mass is 10.0. The number of nitrogens with zero attached hydrogens (tertiary/aromatic N) is 3. The molecular formula is C20H20N4O2. The van der Waals surface area contributed by atoms with E-state index in [9.17, 15) is 4.79 Å². The van der Waals surface area contributed by atoms with E-state index >= 15 is 0 Å². The van der Waals surface area contributed by atoms with Gasteiger partial charge in [0.15, 0.2) is 0 Å². The Labute approximate surface area is 151 Å². The number of hydrazone groups is 1. The monoisotopic (exact) mass is 348 g/mol. The smallest absolute Gasteiger partial charge is 0.271 e. The minimum absolute atomic E-state index is 0.243. The van der Waals surface area contributed by atoms with Crippen LogP contribution in [-0.2, 0) is 6.54 Å². The number of para-hydroxylation sites is 1. The Kier molecular flexibility index (Phi) is 4.16. The molecule has 0 saturated carbocycles. The van der Waals surface area contributed by atoms with Crippen LogP contribution in [0, 0.1) is 6.92 Å². The average Bonchev–Trinajstić information content (AvgIpc) is 3.00. The van der Waals surface area contributed by atoms with Crippen LogP contribution in [0.2, 0.25) is 0 Å². The highest BCUT2D eigenvalue weighted by molar-refractivity contribution is 6.05. The molecule has 0 saturated heterocycles. The van der Waals surface area contributed by atoms with E-state index in [2.05, 4.69) is 27.0 Å². The van der Waals surface area contributed by atoms with E-state index < -0.39 is 0 Å². The molecule has 0 radical (unpaired) electrons. The number of imidazole rings is 1. The third-order valence-electron chi connectivity index (χ3n) is 4.60. The maximum atomic E-state index is 12.5. The molecule has 2 aromatic carbocycles. The first kappa shape index (κ1) is 16.3. The maximum Gasteiger partial charge on any atom is 0.271 e. The summed E-state index contributed by atoms with van der Waals surface area (Å²) in [6.45, 7) is 5.46. The number of carbonyl (C=O) groups is 1. The van der Waals surface area contributed by atoms with Gasteiger partial charge >= 0.3 is 0 Å². The van der Waals surface area contributed by atoms with Crippen LogP contribution in [0.25, 0.3) is 11.0 Å². The number of aryl methyl sites for hydroxylation is 2. The van der Waals surface area contributed by atoms with Crippen molar-refractivity contribution in [3.8, 4) is 5.75 Å². The molecular weight excluding hydrogens is 328 g/mol. The molecule has 1 aromatic heterocycles. The van der Waals surface area contributed by atoms with Crippen LogP contribution in [0.1, 0.15) is 35.1 Å². The molecule has 0 aliphatic carbocycles. The molecule has 1 aliphatic heterocycles. The van der Waals surface area contributed by atoms with E-state index in [0.717, 1.165) is 40.4 Å². The van der Waals surface area contributed by atoms with E-state index in [4.69, 9.17) is 4.74 Å². The molecule has 26 heavy (non-hydrogen) atoms. The van der Waals surface area contributed by atoms with Gasteiger partial charge in [-0.05, 0) is 44.2 Å². The summed E-state index contributed by atoms with van der Waals surface area (Å²) >= 11 is 0. The van der Waals surface area contributed by atoms with Gasteiger partial charge in [0.05, 0.1) is 23.4 Å². The molecule has 1 amide bonds. The van der Waals surface area contributed by atoms with Crippen molar-refractivity contribution in [3.05, 3.63) is 59.4 Å². The number of hydrogen-bond donors (Lipinski definition) is 1. The minimum atomic E-state index is -0.243. The van der Waals surface area contributed by atoms with Crippen LogP contribution >= 0.6 is 0 Å². The summed E-state index contributed by atoms with van der Waals surface area (Å²) in [5, 5.41) is 4.33. The Hall–Kier alpha value is -3.15. The average molecular weight is 348 g/mol. The second-order valence-electron chi connectivity index (χ2n) is 6.20. The molecule has 6 heteroatoms. The Morgan fingerprint density at radius 2 is 2.15 bits per heavy atom. The number of benzene rings is 2. The van der Waals surface area contributed by atoms with E-state index in [1.165, 1.54) is 0 Å². The summed E-state index contributed by atoms with van der Waals surface area (Å²) in [6.07, 6.45) is 0.663. The number of ether oxygens (including phenoxy) is 1. The van der Waals surface area contributed by atoms with Crippen LogP contribution < -0.4 is 10.2 Å². The number of nitrogens with one attached hydrogen (secondary N) is 1. The Balaban J connectivity index is 1.58. The zero-order valence-corrected chi connectivity index (χ0v) is 14.8. The van der Waals surface area contributed by atoms with Gasteiger partial charge in [-0.25, -0.2) is 10.4 Å². The van der Waals surface area contributed by atoms with Crippen molar-refractivity contribution in [1.82, 2.24) is 15.0 Å². The molecule has 4 rings (SSSR count). The number of fused-ring (bicyclic) bond motifs is 2. The van der Waals surface area contributed by atoms with E-state index in [0.29, 0.717) is 18.6 Å². The second kappa shape index (κ2) is 6.63. The minimum Gasteiger partial charge on any atom is -0.492 e. The van der Waals surface area contributed by atoms with Gasteiger partial charge in [-0.2, -0.15) is 5.10 Å². The first-order valence-electron chi connectivity index (χ1n) is 8.73. The first-order valence-corrected chi connectivity index (χ1v) is 8.73. The standard InChI is InChI=1S/C20H20N4O2/c1-3-24-13(2)21-17-12-14(8-9-18(17)24)20(25)23-22-16-10-11-26-19-7-5-4-6-15(16)19/h4-9,12H,3,10-11H2,1-2H3,(H,23,25)/b22-16-. The number of rotatable bonds is 3. The van der Waals surface area contributed by atoms with Crippen molar-refractivity contribution in [1.29, 1.82) is 0 Å². The number of aromatic nitrogens is 2. The number of hydrogen-bond acceptors (Lipinski definition) is 4. The first-order chi connectivity index (χ1) is 12.7. The third kappa shape index (κ3) is 2.83. The van der Waals surface area contributed by atoms with Gasteiger partial charge < -0.3 is 9.30 Å². The molecule has 1 N–H and O–H groups in total. The number of carbonyl (C=O) groups excluding carboxylic acids is 1. The Morgan fingerprint density at radius 1 is 1.31 bits per heavy atom. The van der Waals surface area contributed by atoms with Crippen molar-refractivity contribution >= 4 is 22.7 Å². The van der Waals surface area contributed by atoms with Crippen molar-refractivity contribution in [2.75, 3.05) is 6.61 Å². The molecule has 1 aliphatic rings. The maximum absolute atomic E-state index is 12.5. The summed E-state index contributed by atoms with van der Waals surface area (Å²) in [6, 6.07) is 13.3. The lowest BCUT2D eigenvalue weighted by molar-refractivity contribution is 0.0954. The number of amides is 1. The van der Waals surface area contributed by atoms with Crippen LogP contribution in [-0.4, -0.2) is 27.8 Å². The molecule has 6 nitrogen and oxygen atoms in total. The zero-order valence-electron chi connectivity index (χ0n) is 14.8. The largest absolute Gasteiger partial charge is 0.492 e. The molecule has 2 heterocycles. The Bertz CT molecular complexity index is 1020. The van der Waals surface area contributed by atoms with Gasteiger partial charge in [-0.3, -0.25) is 4.79 Å². The molecule has 132 valence electrons. The van der Waals surface area contributed by atoms with E-state index in [1.807, 2.05) is 49.4 Å². The molecule has 0 unspecified atom stereocenters. The van der Waals surface area contributed by atoms with Gasteiger partial charge in [0, 0.05) is 24.1 Å². The lowest BCUT2D eigenvalue weighted by Crippen LogP contribution is -2.23. The van der Waals surface area contributed by atoms with Gasteiger partial charge in [0.1, 0.15) is 11.6 Å². The van der Waals surface area contributed by atoms with E-state index in [1.54, 1.807) is 0 Å². The van der Waals surface area contributed by atoms with Crippen molar-refractivity contribution in [2.45, 2.75) is 26.8 Å². The summed E-state index contributed by atoms with van der Waals surface area (Å²) in [7, 11) is 0. The van der Waals surface area contributed by atoms with Gasteiger partial charge in [-0.1, -0.05) is 12.1 Å². The fourth-order valence-corrected chi connectivity index (χ4v) is 3.31. The summed E-state index contributed by atoms with van der Waals surface area (Å²) in [5.74, 6) is 1.50. The molecule has 3 aromatic rings. The predicted molar refractivity (Wildman–Crippen MR) is 101 cm³/mol. The van der Waals surface area contributed by atoms with Crippen molar-refractivity contribution < 1.29 is 9.53 Å². The highest BCUT2D eigenvalue weighted by Gasteiger charge is 2.17. The second-order valence-corrected chi connectivity index (χ2v) is 6.20. The van der Waals surface area contributed by atoms with Gasteiger partial charge in [0.25, 0.3) is 5.91 Å². The normalized spacial score (nSPS) is 14.9. The predicted octanol–water partition coefficient (Wildman–Crippen LogP) is 3.28. The molecule has 0 fully saturated rings. The fraction of sp³-hybridized carbons (Fsp3) is 0.250. The summed E-state index contributed by atoms with van der Waals surface area (Å²) in [4.78, 5) is 17.1. The third-order valence-corrected chi connectivity index (χ3v) is 4.60. The summed E-state index contributed by atoms with van der Waals surface area (Å²) < 4.78 is 7.73. The highest BCUT2D eigenvalue weighted by Crippen LogP contribution is 2.24. The van der Waals surface area contributed by atoms with Crippen LogP contribution in [0.4, 0.5) is 0 Å². The van der Waals surface area contributed by atoms with Crippen LogP contribution in [0.15, 0.2) is 47.6 Å².